The first-order chi connectivity index (χ1) is 44.2. The number of aromatic nitrogens is 8. The summed E-state index contributed by atoms with van der Waals surface area (Å²) in [5.74, 6) is 0. The summed E-state index contributed by atoms with van der Waals surface area (Å²) in [5, 5.41) is 0. The smallest absolute Gasteiger partial charge is 0.0886 e. The number of aryl methyl sites for hydroxylation is 4. The lowest BCUT2D eigenvalue weighted by molar-refractivity contribution is 1.24. The Morgan fingerprint density at radius 3 is 0.789 bits per heavy atom. The zero-order valence-electron chi connectivity index (χ0n) is 50.1. The van der Waals surface area contributed by atoms with Crippen LogP contribution in [0.25, 0.3) is 114 Å². The van der Waals surface area contributed by atoms with Gasteiger partial charge in [-0.2, -0.15) is 0 Å². The lowest BCUT2D eigenvalue weighted by Gasteiger charge is -2.26. The van der Waals surface area contributed by atoms with E-state index < -0.39 is 0 Å². The summed E-state index contributed by atoms with van der Waals surface area (Å²) in [6, 6.07) is 81.1. The molecule has 7 aromatic heterocycles. The molecule has 6 aromatic carbocycles. The predicted octanol–water partition coefficient (Wildman–Crippen LogP) is 20.4. The van der Waals surface area contributed by atoms with Gasteiger partial charge in [-0.05, 0) is 197 Å². The number of nitrogens with one attached hydrogen (secondary N) is 2. The summed E-state index contributed by atoms with van der Waals surface area (Å²) in [7, 11) is 0. The molecule has 0 fully saturated rings. The van der Waals surface area contributed by atoms with E-state index in [4.69, 9.17) is 19.9 Å². The van der Waals surface area contributed by atoms with Crippen LogP contribution in [0.3, 0.4) is 0 Å². The van der Waals surface area contributed by atoms with E-state index in [2.05, 4.69) is 264 Å². The average Bonchev–Trinajstić information content (AvgIpc) is 2.12. The van der Waals surface area contributed by atoms with E-state index in [0.29, 0.717) is 0 Å². The number of hydrogen-bond donors (Lipinski definition) is 2. The van der Waals surface area contributed by atoms with Crippen molar-refractivity contribution in [2.24, 2.45) is 0 Å². The van der Waals surface area contributed by atoms with E-state index >= 15 is 0 Å². The number of hydrogen-bond acceptors (Lipinski definition) is 8. The number of benzene rings is 6. The molecule has 0 atom stereocenters. The van der Waals surface area contributed by atoms with Gasteiger partial charge in [0, 0.05) is 114 Å². The molecule has 0 amide bonds. The maximum absolute atomic E-state index is 5.65. The summed E-state index contributed by atoms with van der Waals surface area (Å²) in [6.45, 7) is 8.48. The van der Waals surface area contributed by atoms with Gasteiger partial charge < -0.3 is 19.8 Å². The van der Waals surface area contributed by atoms with E-state index in [1.807, 2.05) is 60.9 Å². The Kier molecular flexibility index (Phi) is 14.2. The second kappa shape index (κ2) is 23.4. The monoisotopic (exact) mass is 1160 g/mol. The van der Waals surface area contributed by atoms with Crippen molar-refractivity contribution in [3.63, 3.8) is 0 Å². The standard InChI is InChI=1S/C80H60N10/c1-51-11-25-59(26-12-51)89(60-27-13-52(2)14-28-60)63-33-19-55(20-34-63)77-69-39-43-73(85-69)79(57-23-37-67(83-49-57)65-9-5-7-47-81-65)75-45-41-71(87-75)78(56-21-35-64(36-22-56)90(61-29-15-53(3)16-30-61)62-31-17-54(4)18-32-62)72-42-46-76(88-72)80(74-44-40-70(77)86-74)58-24-38-68(84-50-58)66-10-6-8-48-82-66/h5-50,85,88H,1-4H3. The highest BCUT2D eigenvalue weighted by Gasteiger charge is 2.22. The normalized spacial score (nSPS) is 11.7. The van der Waals surface area contributed by atoms with Crippen molar-refractivity contribution in [3.8, 4) is 67.3 Å². The van der Waals surface area contributed by atoms with E-state index in [0.717, 1.165) is 146 Å². The Morgan fingerprint density at radius 1 is 0.256 bits per heavy atom. The van der Waals surface area contributed by atoms with Crippen LogP contribution in [0.2, 0.25) is 0 Å². The van der Waals surface area contributed by atoms with E-state index in [-0.39, 0.29) is 0 Å². The molecule has 9 heterocycles. The molecule has 15 rings (SSSR count). The Morgan fingerprint density at radius 2 is 0.522 bits per heavy atom. The average molecular weight is 1160 g/mol. The number of rotatable bonds is 12. The molecule has 2 N–H and O–H groups in total. The van der Waals surface area contributed by atoms with E-state index in [1.54, 1.807) is 12.4 Å². The molecule has 0 spiro atoms. The van der Waals surface area contributed by atoms with Crippen LogP contribution < -0.4 is 9.80 Å². The van der Waals surface area contributed by atoms with Crippen LogP contribution in [-0.2, 0) is 0 Å². The molecule has 2 aliphatic heterocycles. The van der Waals surface area contributed by atoms with Gasteiger partial charge in [0.1, 0.15) is 0 Å². The van der Waals surface area contributed by atoms with E-state index in [9.17, 15) is 0 Å². The van der Waals surface area contributed by atoms with Crippen LogP contribution >= 0.6 is 0 Å². The summed E-state index contributed by atoms with van der Waals surface area (Å²) in [6.07, 6.45) is 16.0. The minimum atomic E-state index is 0.776. The molecule has 10 heteroatoms. The topological polar surface area (TPSA) is 115 Å². The van der Waals surface area contributed by atoms with Gasteiger partial charge in [-0.15, -0.1) is 0 Å². The van der Waals surface area contributed by atoms with Gasteiger partial charge in [0.05, 0.1) is 45.6 Å². The fourth-order valence-electron chi connectivity index (χ4n) is 12.1. The van der Waals surface area contributed by atoms with Crippen molar-refractivity contribution in [3.05, 3.63) is 300 Å². The zero-order chi connectivity index (χ0) is 60.7. The first-order valence-electron chi connectivity index (χ1n) is 30.2. The molecule has 8 bridgehead atoms. The minimum absolute atomic E-state index is 0.776. The van der Waals surface area contributed by atoms with Gasteiger partial charge in [0.2, 0.25) is 0 Å². The summed E-state index contributed by atoms with van der Waals surface area (Å²) >= 11 is 0. The van der Waals surface area contributed by atoms with Crippen molar-refractivity contribution in [2.45, 2.75) is 27.7 Å². The number of nitrogens with zero attached hydrogens (tertiary/aromatic N) is 8. The summed E-state index contributed by atoms with van der Waals surface area (Å²) in [5.41, 5.74) is 28.3. The third-order valence-electron chi connectivity index (χ3n) is 16.7. The molecular weight excluding hydrogens is 1100 g/mol. The van der Waals surface area contributed by atoms with E-state index in [1.165, 1.54) is 22.3 Å². The third-order valence-corrected chi connectivity index (χ3v) is 16.7. The first kappa shape index (κ1) is 54.8. The van der Waals surface area contributed by atoms with Crippen molar-refractivity contribution >= 4 is 80.5 Å². The fraction of sp³-hybridized carbons (Fsp3) is 0.0500. The van der Waals surface area contributed by atoms with Gasteiger partial charge in [-0.3, -0.25) is 19.9 Å². The fourth-order valence-corrected chi connectivity index (χ4v) is 12.1. The van der Waals surface area contributed by atoms with Crippen molar-refractivity contribution in [1.82, 2.24) is 39.9 Å². The highest BCUT2D eigenvalue weighted by molar-refractivity contribution is 6.00. The largest absolute Gasteiger partial charge is 0.354 e. The van der Waals surface area contributed by atoms with Crippen LogP contribution in [-0.4, -0.2) is 39.9 Å². The second-order valence-electron chi connectivity index (χ2n) is 22.9. The second-order valence-corrected chi connectivity index (χ2v) is 22.9. The predicted molar refractivity (Wildman–Crippen MR) is 371 cm³/mol. The van der Waals surface area contributed by atoms with Crippen molar-refractivity contribution < 1.29 is 0 Å². The van der Waals surface area contributed by atoms with Crippen molar-refractivity contribution in [1.29, 1.82) is 0 Å². The third kappa shape index (κ3) is 10.7. The zero-order valence-corrected chi connectivity index (χ0v) is 50.1. The van der Waals surface area contributed by atoms with Gasteiger partial charge in [-0.1, -0.05) is 119 Å². The molecule has 2 aliphatic rings. The molecule has 0 aliphatic carbocycles. The van der Waals surface area contributed by atoms with Gasteiger partial charge >= 0.3 is 0 Å². The Labute approximate surface area is 522 Å². The highest BCUT2D eigenvalue weighted by atomic mass is 15.1. The van der Waals surface area contributed by atoms with Crippen molar-refractivity contribution in [2.75, 3.05) is 9.80 Å². The number of H-pyrrole nitrogens is 2. The van der Waals surface area contributed by atoms with Gasteiger partial charge in [0.15, 0.2) is 0 Å². The maximum atomic E-state index is 5.65. The quantitative estimate of drug-likeness (QED) is 0.124. The Hall–Kier alpha value is -11.9. The lowest BCUT2D eigenvalue weighted by atomic mass is 10.0. The summed E-state index contributed by atoms with van der Waals surface area (Å²) in [4.78, 5) is 43.1. The maximum Gasteiger partial charge on any atom is 0.0886 e. The van der Waals surface area contributed by atoms with Crippen LogP contribution in [0.4, 0.5) is 34.1 Å². The molecule has 90 heavy (non-hydrogen) atoms. The number of anilines is 6. The van der Waals surface area contributed by atoms with Gasteiger partial charge in [0.25, 0.3) is 0 Å². The van der Waals surface area contributed by atoms with Crippen LogP contribution in [0.5, 0.6) is 0 Å². The lowest BCUT2D eigenvalue weighted by Crippen LogP contribution is -2.09. The number of aromatic amines is 2. The highest BCUT2D eigenvalue weighted by Crippen LogP contribution is 2.43. The number of pyridine rings is 4. The van der Waals surface area contributed by atoms with Gasteiger partial charge in [-0.25, -0.2) is 9.97 Å². The number of fused-ring (bicyclic) bond motifs is 8. The molecule has 0 unspecified atom stereocenters. The SMILES string of the molecule is Cc1ccc(N(c2ccc(C)cc2)c2ccc(-c3c4nc(c(-c5ccc(-c6ccccn6)nc5)c5ccc([nH]5)c(-c5ccc(N(c6ccc(C)cc6)c6ccc(C)cc6)cc5)c5nc(c(-c6ccc(-c7ccccn7)nc6)c6ccc3[nH]6)C=C5)C=C4)cc2)cc1. The summed E-state index contributed by atoms with van der Waals surface area (Å²) < 4.78 is 0. The Balaban J connectivity index is 0.969. The molecular formula is C80H60N10. The molecule has 13 aromatic rings. The Bertz CT molecular complexity index is 4600. The van der Waals surface area contributed by atoms with Crippen LogP contribution in [0, 0.1) is 27.7 Å². The minimum Gasteiger partial charge on any atom is -0.354 e. The molecule has 0 radical (unpaired) electrons. The molecule has 0 saturated heterocycles. The van der Waals surface area contributed by atoms with Crippen LogP contribution in [0.15, 0.2) is 255 Å². The first-order valence-corrected chi connectivity index (χ1v) is 30.2. The molecule has 10 nitrogen and oxygen atoms in total. The molecule has 430 valence electrons. The molecule has 0 saturated carbocycles. The van der Waals surface area contributed by atoms with Crippen LogP contribution in [0.1, 0.15) is 45.0 Å².